The van der Waals surface area contributed by atoms with E-state index in [0.29, 0.717) is 6.29 Å². The van der Waals surface area contributed by atoms with E-state index in [2.05, 4.69) is 9.36 Å². The second-order valence-electron chi connectivity index (χ2n) is 2.44. The Balaban J connectivity index is 2.41. The van der Waals surface area contributed by atoms with Gasteiger partial charge in [0.2, 0.25) is 5.82 Å². The summed E-state index contributed by atoms with van der Waals surface area (Å²) in [7, 11) is 0. The van der Waals surface area contributed by atoms with Gasteiger partial charge in [-0.3, -0.25) is 4.79 Å². The van der Waals surface area contributed by atoms with Crippen molar-refractivity contribution in [3.63, 3.8) is 0 Å². The van der Waals surface area contributed by atoms with Crippen molar-refractivity contribution >= 4 is 17.8 Å². The van der Waals surface area contributed by atoms with Gasteiger partial charge in [0.15, 0.2) is 6.29 Å². The largest absolute Gasteiger partial charge is 0.294 e. The van der Waals surface area contributed by atoms with Gasteiger partial charge in [-0.2, -0.15) is 4.37 Å². The number of hydrogen-bond donors (Lipinski definition) is 0. The van der Waals surface area contributed by atoms with E-state index in [4.69, 9.17) is 0 Å². The van der Waals surface area contributed by atoms with Gasteiger partial charge in [-0.25, -0.2) is 4.98 Å². The summed E-state index contributed by atoms with van der Waals surface area (Å²) < 4.78 is 3.87. The third kappa shape index (κ3) is 1.62. The van der Waals surface area contributed by atoms with Crippen molar-refractivity contribution in [2.45, 2.75) is 0 Å². The number of rotatable bonds is 2. The number of benzene rings is 1. The van der Waals surface area contributed by atoms with Crippen molar-refractivity contribution in [3.8, 4) is 10.6 Å². The van der Waals surface area contributed by atoms with Crippen molar-refractivity contribution < 1.29 is 4.79 Å². The molecule has 4 heteroatoms. The van der Waals surface area contributed by atoms with Crippen LogP contribution in [-0.2, 0) is 0 Å². The number of carbonyl (C=O) groups excluding carboxylic acids is 1. The molecule has 0 aliphatic carbocycles. The normalized spacial score (nSPS) is 9.85. The number of nitrogens with zero attached hydrogens (tertiary/aromatic N) is 2. The van der Waals surface area contributed by atoms with E-state index in [1.807, 2.05) is 30.3 Å². The zero-order chi connectivity index (χ0) is 9.10. The molecule has 13 heavy (non-hydrogen) atoms. The van der Waals surface area contributed by atoms with Crippen LogP contribution in [0, 0.1) is 0 Å². The Morgan fingerprint density at radius 1 is 1.23 bits per heavy atom. The van der Waals surface area contributed by atoms with Gasteiger partial charge in [0, 0.05) is 5.56 Å². The van der Waals surface area contributed by atoms with Crippen LogP contribution < -0.4 is 0 Å². The molecule has 0 radical (unpaired) electrons. The van der Waals surface area contributed by atoms with Crippen molar-refractivity contribution in [2.24, 2.45) is 0 Å². The second kappa shape index (κ2) is 3.45. The topological polar surface area (TPSA) is 42.9 Å². The molecule has 0 atom stereocenters. The van der Waals surface area contributed by atoms with E-state index < -0.39 is 0 Å². The minimum Gasteiger partial charge on any atom is -0.294 e. The Bertz CT molecular complexity index is 411. The Morgan fingerprint density at radius 2 is 2.00 bits per heavy atom. The van der Waals surface area contributed by atoms with Crippen LogP contribution >= 0.6 is 11.5 Å². The first-order valence-electron chi connectivity index (χ1n) is 3.74. The predicted molar refractivity (Wildman–Crippen MR) is 50.7 cm³/mol. The molecule has 64 valence electrons. The molecule has 0 aliphatic rings. The Kier molecular flexibility index (Phi) is 2.14. The summed E-state index contributed by atoms with van der Waals surface area (Å²) in [6, 6.07) is 9.67. The average molecular weight is 190 g/mol. The van der Waals surface area contributed by atoms with Crippen LogP contribution in [0.25, 0.3) is 10.6 Å². The smallest absolute Gasteiger partial charge is 0.206 e. The van der Waals surface area contributed by atoms with Crippen molar-refractivity contribution in [1.82, 2.24) is 9.36 Å². The fourth-order valence-electron chi connectivity index (χ4n) is 0.981. The molecule has 2 aromatic rings. The molecular weight excluding hydrogens is 184 g/mol. The lowest BCUT2D eigenvalue weighted by Crippen LogP contribution is -1.81. The summed E-state index contributed by atoms with van der Waals surface area (Å²) in [5.74, 6) is 0.254. The number of hydrogen-bond acceptors (Lipinski definition) is 4. The number of aldehydes is 1. The molecule has 0 unspecified atom stereocenters. The van der Waals surface area contributed by atoms with Crippen LogP contribution in [0.15, 0.2) is 30.3 Å². The van der Waals surface area contributed by atoms with E-state index in [0.717, 1.165) is 10.6 Å². The molecule has 0 saturated carbocycles. The highest BCUT2D eigenvalue weighted by molar-refractivity contribution is 7.09. The summed E-state index contributed by atoms with van der Waals surface area (Å²) in [5.41, 5.74) is 0.994. The van der Waals surface area contributed by atoms with E-state index in [-0.39, 0.29) is 5.82 Å². The maximum Gasteiger partial charge on any atom is 0.206 e. The Labute approximate surface area is 79.2 Å². The highest BCUT2D eigenvalue weighted by Gasteiger charge is 2.03. The summed E-state index contributed by atoms with van der Waals surface area (Å²) in [4.78, 5) is 14.4. The summed E-state index contributed by atoms with van der Waals surface area (Å²) >= 11 is 1.23. The standard InChI is InChI=1S/C9H6N2OS/c12-6-8-10-9(13-11-8)7-4-2-1-3-5-7/h1-6H. The third-order valence-corrected chi connectivity index (χ3v) is 2.35. The fraction of sp³-hybridized carbons (Fsp3) is 0. The SMILES string of the molecule is O=Cc1nsc(-c2ccccc2)n1. The molecule has 0 aliphatic heterocycles. The highest BCUT2D eigenvalue weighted by Crippen LogP contribution is 2.19. The van der Waals surface area contributed by atoms with E-state index >= 15 is 0 Å². The molecule has 1 heterocycles. The van der Waals surface area contributed by atoms with Crippen LogP contribution in [0.5, 0.6) is 0 Å². The summed E-state index contributed by atoms with van der Waals surface area (Å²) in [6.07, 6.45) is 0.656. The average Bonchev–Trinajstić information content (AvgIpc) is 2.67. The predicted octanol–water partition coefficient (Wildman–Crippen LogP) is 2.02. The first kappa shape index (κ1) is 8.07. The van der Waals surface area contributed by atoms with Gasteiger partial charge in [0.25, 0.3) is 0 Å². The minimum absolute atomic E-state index is 0.254. The van der Waals surface area contributed by atoms with Gasteiger partial charge in [0.1, 0.15) is 5.01 Å². The zero-order valence-electron chi connectivity index (χ0n) is 6.68. The lowest BCUT2D eigenvalue weighted by molar-refractivity contribution is 0.111. The van der Waals surface area contributed by atoms with Crippen molar-refractivity contribution in [1.29, 1.82) is 0 Å². The zero-order valence-corrected chi connectivity index (χ0v) is 7.49. The van der Waals surface area contributed by atoms with Gasteiger partial charge in [-0.15, -0.1) is 0 Å². The number of carbonyl (C=O) groups is 1. The highest BCUT2D eigenvalue weighted by atomic mass is 32.1. The maximum absolute atomic E-state index is 10.3. The Hall–Kier alpha value is -1.55. The quantitative estimate of drug-likeness (QED) is 0.680. The molecule has 1 aromatic heterocycles. The van der Waals surface area contributed by atoms with Crippen molar-refractivity contribution in [2.75, 3.05) is 0 Å². The van der Waals surface area contributed by atoms with E-state index in [1.54, 1.807) is 0 Å². The first-order chi connectivity index (χ1) is 6.40. The van der Waals surface area contributed by atoms with E-state index in [1.165, 1.54) is 11.5 Å². The minimum atomic E-state index is 0.254. The van der Waals surface area contributed by atoms with Crippen LogP contribution in [0.3, 0.4) is 0 Å². The van der Waals surface area contributed by atoms with Gasteiger partial charge in [-0.05, 0) is 11.5 Å². The second-order valence-corrected chi connectivity index (χ2v) is 3.19. The molecule has 0 N–H and O–H groups in total. The molecule has 1 aromatic carbocycles. The van der Waals surface area contributed by atoms with Crippen LogP contribution in [-0.4, -0.2) is 15.6 Å². The van der Waals surface area contributed by atoms with Crippen LogP contribution in [0.1, 0.15) is 10.6 Å². The lowest BCUT2D eigenvalue weighted by Gasteiger charge is -1.90. The van der Waals surface area contributed by atoms with Crippen LogP contribution in [0.4, 0.5) is 0 Å². The van der Waals surface area contributed by atoms with Gasteiger partial charge < -0.3 is 0 Å². The summed E-state index contributed by atoms with van der Waals surface area (Å²) in [6.45, 7) is 0. The molecule has 0 bridgehead atoms. The molecule has 0 fully saturated rings. The molecule has 0 saturated heterocycles. The lowest BCUT2D eigenvalue weighted by atomic mass is 10.2. The summed E-state index contributed by atoms with van der Waals surface area (Å²) in [5, 5.41) is 0.780. The molecule has 0 amide bonds. The van der Waals surface area contributed by atoms with E-state index in [9.17, 15) is 4.79 Å². The molecule has 2 rings (SSSR count). The van der Waals surface area contributed by atoms with Crippen LogP contribution in [0.2, 0.25) is 0 Å². The first-order valence-corrected chi connectivity index (χ1v) is 4.52. The Morgan fingerprint density at radius 3 is 2.62 bits per heavy atom. The van der Waals surface area contributed by atoms with Crippen molar-refractivity contribution in [3.05, 3.63) is 36.2 Å². The molecule has 3 nitrogen and oxygen atoms in total. The third-order valence-electron chi connectivity index (χ3n) is 1.57. The number of aromatic nitrogens is 2. The van der Waals surface area contributed by atoms with Gasteiger partial charge >= 0.3 is 0 Å². The monoisotopic (exact) mass is 190 g/mol. The molecular formula is C9H6N2OS. The van der Waals surface area contributed by atoms with Gasteiger partial charge in [0.05, 0.1) is 0 Å². The maximum atomic E-state index is 10.3. The molecule has 0 spiro atoms. The van der Waals surface area contributed by atoms with Gasteiger partial charge in [-0.1, -0.05) is 30.3 Å². The fourth-order valence-corrected chi connectivity index (χ4v) is 1.62.